The van der Waals surface area contributed by atoms with Crippen LogP contribution in [0.15, 0.2) is 0 Å². The minimum atomic E-state index is -0.237. The molecule has 62 valence electrons. The third-order valence-electron chi connectivity index (χ3n) is 2.16. The Kier molecular flexibility index (Phi) is 3.91. The van der Waals surface area contributed by atoms with Crippen molar-refractivity contribution in [3.63, 3.8) is 0 Å². The number of hydrogen-bond donors (Lipinski definition) is 2. The molecule has 0 fully saturated rings. The Bertz CT molecular complexity index is 89.3. The van der Waals surface area contributed by atoms with Crippen LogP contribution in [0, 0.1) is 5.41 Å². The minimum Gasteiger partial charge on any atom is -0.393 e. The highest BCUT2D eigenvalue weighted by molar-refractivity contribution is 4.73. The molecule has 10 heavy (non-hydrogen) atoms. The summed E-state index contributed by atoms with van der Waals surface area (Å²) in [6.45, 7) is 6.67. The van der Waals surface area contributed by atoms with E-state index in [2.05, 4.69) is 13.8 Å². The van der Waals surface area contributed by atoms with Crippen molar-refractivity contribution in [3.8, 4) is 0 Å². The summed E-state index contributed by atoms with van der Waals surface area (Å²) in [6.07, 6.45) is 1.76. The van der Waals surface area contributed by atoms with Crippen LogP contribution in [0.5, 0.6) is 0 Å². The molecule has 0 saturated heterocycles. The molecule has 0 amide bonds. The SMILES string of the molecule is CC(O)C(C)(C)CCCN. The lowest BCUT2D eigenvalue weighted by Gasteiger charge is -2.27. The molecule has 0 aromatic heterocycles. The maximum Gasteiger partial charge on any atom is 0.0563 e. The fourth-order valence-electron chi connectivity index (χ4n) is 0.767. The van der Waals surface area contributed by atoms with E-state index in [1.54, 1.807) is 0 Å². The van der Waals surface area contributed by atoms with Crippen LogP contribution >= 0.6 is 0 Å². The maximum absolute atomic E-state index is 9.27. The molecule has 0 aliphatic carbocycles. The van der Waals surface area contributed by atoms with Crippen molar-refractivity contribution in [2.75, 3.05) is 6.54 Å². The molecular formula is C8H19NO. The first-order chi connectivity index (χ1) is 4.50. The lowest BCUT2D eigenvalue weighted by Crippen LogP contribution is -2.26. The van der Waals surface area contributed by atoms with Crippen LogP contribution in [-0.4, -0.2) is 17.8 Å². The molecule has 0 saturated carbocycles. The topological polar surface area (TPSA) is 46.2 Å². The molecule has 1 unspecified atom stereocenters. The summed E-state index contributed by atoms with van der Waals surface area (Å²) in [5.41, 5.74) is 5.38. The average Bonchev–Trinajstić information content (AvgIpc) is 1.84. The number of nitrogens with two attached hydrogens (primary N) is 1. The predicted octanol–water partition coefficient (Wildman–Crippen LogP) is 1.13. The first-order valence-corrected chi connectivity index (χ1v) is 3.89. The van der Waals surface area contributed by atoms with E-state index in [1.165, 1.54) is 0 Å². The highest BCUT2D eigenvalue weighted by Crippen LogP contribution is 2.25. The quantitative estimate of drug-likeness (QED) is 0.623. The largest absolute Gasteiger partial charge is 0.393 e. The average molecular weight is 145 g/mol. The van der Waals surface area contributed by atoms with Crippen LogP contribution in [0.25, 0.3) is 0 Å². The van der Waals surface area contributed by atoms with Gasteiger partial charge in [0, 0.05) is 0 Å². The molecule has 2 nitrogen and oxygen atoms in total. The van der Waals surface area contributed by atoms with Gasteiger partial charge in [-0.25, -0.2) is 0 Å². The van der Waals surface area contributed by atoms with Gasteiger partial charge in [0.25, 0.3) is 0 Å². The predicted molar refractivity (Wildman–Crippen MR) is 43.8 cm³/mol. The highest BCUT2D eigenvalue weighted by Gasteiger charge is 2.22. The Hall–Kier alpha value is -0.0800. The Morgan fingerprint density at radius 2 is 2.00 bits per heavy atom. The molecule has 0 aliphatic heterocycles. The standard InChI is InChI=1S/C8H19NO/c1-7(10)8(2,3)5-4-6-9/h7,10H,4-6,9H2,1-3H3. The van der Waals surface area contributed by atoms with E-state index in [0.717, 1.165) is 19.4 Å². The lowest BCUT2D eigenvalue weighted by molar-refractivity contribution is 0.0587. The van der Waals surface area contributed by atoms with E-state index in [0.29, 0.717) is 0 Å². The second-order valence-corrected chi connectivity index (χ2v) is 3.56. The van der Waals surface area contributed by atoms with Crippen molar-refractivity contribution in [1.82, 2.24) is 0 Å². The molecule has 0 aromatic carbocycles. The second kappa shape index (κ2) is 3.94. The van der Waals surface area contributed by atoms with E-state index < -0.39 is 0 Å². The molecule has 0 bridgehead atoms. The van der Waals surface area contributed by atoms with Gasteiger partial charge in [-0.15, -0.1) is 0 Å². The number of aliphatic hydroxyl groups excluding tert-OH is 1. The zero-order valence-corrected chi connectivity index (χ0v) is 7.22. The highest BCUT2D eigenvalue weighted by atomic mass is 16.3. The molecular weight excluding hydrogens is 126 g/mol. The lowest BCUT2D eigenvalue weighted by atomic mass is 9.83. The van der Waals surface area contributed by atoms with E-state index >= 15 is 0 Å². The minimum absolute atomic E-state index is 0.0272. The zero-order chi connectivity index (χ0) is 8.20. The number of aliphatic hydroxyl groups is 1. The smallest absolute Gasteiger partial charge is 0.0563 e. The van der Waals surface area contributed by atoms with Crippen LogP contribution in [0.4, 0.5) is 0 Å². The van der Waals surface area contributed by atoms with Gasteiger partial charge in [0.05, 0.1) is 6.10 Å². The normalized spacial score (nSPS) is 15.3. The van der Waals surface area contributed by atoms with E-state index in [9.17, 15) is 5.11 Å². The van der Waals surface area contributed by atoms with Crippen LogP contribution < -0.4 is 5.73 Å². The Morgan fingerprint density at radius 3 is 2.30 bits per heavy atom. The first kappa shape index (κ1) is 9.92. The molecule has 3 N–H and O–H groups in total. The third-order valence-corrected chi connectivity index (χ3v) is 2.16. The summed E-state index contributed by atoms with van der Waals surface area (Å²) < 4.78 is 0. The van der Waals surface area contributed by atoms with Crippen molar-refractivity contribution in [2.45, 2.75) is 39.7 Å². The summed E-state index contributed by atoms with van der Waals surface area (Å²) in [5, 5.41) is 9.27. The fourth-order valence-corrected chi connectivity index (χ4v) is 0.767. The van der Waals surface area contributed by atoms with Gasteiger partial charge >= 0.3 is 0 Å². The molecule has 0 rings (SSSR count). The number of hydrogen-bond acceptors (Lipinski definition) is 2. The van der Waals surface area contributed by atoms with Crippen LogP contribution in [0.2, 0.25) is 0 Å². The Labute approximate surface area is 63.4 Å². The van der Waals surface area contributed by atoms with Crippen LogP contribution in [-0.2, 0) is 0 Å². The van der Waals surface area contributed by atoms with E-state index in [-0.39, 0.29) is 11.5 Å². The van der Waals surface area contributed by atoms with Gasteiger partial charge < -0.3 is 10.8 Å². The van der Waals surface area contributed by atoms with Crippen molar-refractivity contribution in [1.29, 1.82) is 0 Å². The maximum atomic E-state index is 9.27. The Morgan fingerprint density at radius 1 is 1.50 bits per heavy atom. The van der Waals surface area contributed by atoms with Gasteiger partial charge in [-0.2, -0.15) is 0 Å². The zero-order valence-electron chi connectivity index (χ0n) is 7.22. The summed E-state index contributed by atoms with van der Waals surface area (Å²) in [4.78, 5) is 0. The van der Waals surface area contributed by atoms with Crippen molar-refractivity contribution in [2.24, 2.45) is 11.1 Å². The van der Waals surface area contributed by atoms with Gasteiger partial charge in [-0.3, -0.25) is 0 Å². The summed E-state index contributed by atoms with van der Waals surface area (Å²) in [5.74, 6) is 0. The third kappa shape index (κ3) is 3.18. The van der Waals surface area contributed by atoms with Crippen molar-refractivity contribution >= 4 is 0 Å². The van der Waals surface area contributed by atoms with Gasteiger partial charge in [0.2, 0.25) is 0 Å². The van der Waals surface area contributed by atoms with E-state index in [4.69, 9.17) is 5.73 Å². The first-order valence-electron chi connectivity index (χ1n) is 3.89. The van der Waals surface area contributed by atoms with Gasteiger partial charge in [-0.1, -0.05) is 13.8 Å². The number of rotatable bonds is 4. The summed E-state index contributed by atoms with van der Waals surface area (Å²) >= 11 is 0. The van der Waals surface area contributed by atoms with Crippen molar-refractivity contribution < 1.29 is 5.11 Å². The molecule has 0 heterocycles. The molecule has 0 aromatic rings. The summed E-state index contributed by atoms with van der Waals surface area (Å²) in [7, 11) is 0. The summed E-state index contributed by atoms with van der Waals surface area (Å²) in [6, 6.07) is 0. The van der Waals surface area contributed by atoms with Gasteiger partial charge in [0.1, 0.15) is 0 Å². The van der Waals surface area contributed by atoms with Gasteiger partial charge in [0.15, 0.2) is 0 Å². The van der Waals surface area contributed by atoms with Crippen LogP contribution in [0.1, 0.15) is 33.6 Å². The Balaban J connectivity index is 3.63. The molecule has 2 heteroatoms. The van der Waals surface area contributed by atoms with Gasteiger partial charge in [-0.05, 0) is 31.7 Å². The molecule has 0 aliphatic rings. The fraction of sp³-hybridized carbons (Fsp3) is 1.00. The van der Waals surface area contributed by atoms with E-state index in [1.807, 2.05) is 6.92 Å². The molecule has 0 radical (unpaired) electrons. The monoisotopic (exact) mass is 145 g/mol. The second-order valence-electron chi connectivity index (χ2n) is 3.56. The molecule has 1 atom stereocenters. The van der Waals surface area contributed by atoms with Crippen LogP contribution in [0.3, 0.4) is 0 Å². The molecule has 0 spiro atoms. The van der Waals surface area contributed by atoms with Crippen molar-refractivity contribution in [3.05, 3.63) is 0 Å².